The van der Waals surface area contributed by atoms with Crippen molar-refractivity contribution in [1.82, 2.24) is 10.2 Å². The second kappa shape index (κ2) is 5.34. The van der Waals surface area contributed by atoms with Crippen LogP contribution in [0, 0.1) is 5.92 Å². The van der Waals surface area contributed by atoms with Crippen molar-refractivity contribution in [2.24, 2.45) is 5.92 Å². The normalized spacial score (nSPS) is 28.0. The van der Waals surface area contributed by atoms with E-state index in [-0.39, 0.29) is 18.2 Å². The maximum Gasteiger partial charge on any atom is 0.305 e. The number of aliphatic carboxylic acids is 1. The summed E-state index contributed by atoms with van der Waals surface area (Å²) >= 11 is 0. The third-order valence-electron chi connectivity index (χ3n) is 3.26. The number of hydrogen-bond acceptors (Lipinski definition) is 4. The fraction of sp³-hybridized carbons (Fsp3) is 0.727. The Morgan fingerprint density at radius 1 is 1.50 bits per heavy atom. The molecule has 0 aromatic rings. The second-order valence-electron chi connectivity index (χ2n) is 4.50. The number of carboxylic acids is 1. The number of rotatable bonds is 3. The van der Waals surface area contributed by atoms with Crippen LogP contribution in [0.4, 0.5) is 0 Å². The maximum absolute atomic E-state index is 12.2. The van der Waals surface area contributed by atoms with Gasteiger partial charge >= 0.3 is 5.97 Å². The van der Waals surface area contributed by atoms with Gasteiger partial charge in [-0.2, -0.15) is 0 Å². The van der Waals surface area contributed by atoms with Crippen molar-refractivity contribution in [3.63, 3.8) is 0 Å². The molecule has 0 saturated carbocycles. The predicted octanol–water partition coefficient (Wildman–Crippen LogP) is -1.18. The highest BCUT2D eigenvalue weighted by Crippen LogP contribution is 2.19. The molecule has 7 heteroatoms. The monoisotopic (exact) mass is 256 g/mol. The van der Waals surface area contributed by atoms with E-state index < -0.39 is 17.9 Å². The summed E-state index contributed by atoms with van der Waals surface area (Å²) in [6.07, 6.45) is 0.280. The number of carbonyl (C=O) groups is 3. The van der Waals surface area contributed by atoms with Gasteiger partial charge in [-0.05, 0) is 6.42 Å². The topological polar surface area (TPSA) is 95.9 Å². The van der Waals surface area contributed by atoms with Gasteiger partial charge in [-0.1, -0.05) is 0 Å². The van der Waals surface area contributed by atoms with E-state index in [0.29, 0.717) is 32.7 Å². The van der Waals surface area contributed by atoms with Gasteiger partial charge in [-0.15, -0.1) is 0 Å². The lowest BCUT2D eigenvalue weighted by Crippen LogP contribution is -2.59. The van der Waals surface area contributed by atoms with Crippen LogP contribution in [0.25, 0.3) is 0 Å². The van der Waals surface area contributed by atoms with Gasteiger partial charge in [0.05, 0.1) is 18.9 Å². The Bertz CT molecular complexity index is 364. The summed E-state index contributed by atoms with van der Waals surface area (Å²) in [5.74, 6) is -1.89. The summed E-state index contributed by atoms with van der Waals surface area (Å²) in [5.41, 5.74) is 0. The summed E-state index contributed by atoms with van der Waals surface area (Å²) < 4.78 is 5.15. The number of carboxylic acid groups (broad SMARTS) is 1. The number of hydrogen-bond donors (Lipinski definition) is 2. The molecular formula is C11H16N2O5. The lowest BCUT2D eigenvalue weighted by atomic mass is 10.0. The number of amides is 2. The smallest absolute Gasteiger partial charge is 0.305 e. The van der Waals surface area contributed by atoms with Crippen molar-refractivity contribution in [3.8, 4) is 0 Å². The molecule has 0 radical (unpaired) electrons. The molecule has 2 saturated heterocycles. The highest BCUT2D eigenvalue weighted by molar-refractivity contribution is 5.92. The lowest BCUT2D eigenvalue weighted by Gasteiger charge is -2.35. The van der Waals surface area contributed by atoms with Crippen molar-refractivity contribution in [3.05, 3.63) is 0 Å². The van der Waals surface area contributed by atoms with Gasteiger partial charge in [0, 0.05) is 19.7 Å². The fourth-order valence-corrected chi connectivity index (χ4v) is 2.31. The number of nitrogens with one attached hydrogen (secondary N) is 1. The SMILES string of the molecule is O=C(O)CC1C(=O)NCCN1C(=O)C1CCOC1. The average Bonchev–Trinajstić information content (AvgIpc) is 2.84. The Morgan fingerprint density at radius 3 is 2.89 bits per heavy atom. The molecule has 2 unspecified atom stereocenters. The average molecular weight is 256 g/mol. The van der Waals surface area contributed by atoms with Gasteiger partial charge in [0.25, 0.3) is 0 Å². The molecule has 100 valence electrons. The van der Waals surface area contributed by atoms with Gasteiger partial charge in [0.15, 0.2) is 0 Å². The van der Waals surface area contributed by atoms with Crippen LogP contribution >= 0.6 is 0 Å². The number of piperazine rings is 1. The van der Waals surface area contributed by atoms with Crippen molar-refractivity contribution < 1.29 is 24.2 Å². The molecule has 2 amide bonds. The molecule has 0 aromatic carbocycles. The molecule has 2 atom stereocenters. The van der Waals surface area contributed by atoms with Crippen LogP contribution in [0.1, 0.15) is 12.8 Å². The summed E-state index contributed by atoms with van der Waals surface area (Å²) in [5, 5.41) is 11.4. The highest BCUT2D eigenvalue weighted by Gasteiger charge is 2.38. The van der Waals surface area contributed by atoms with E-state index >= 15 is 0 Å². The van der Waals surface area contributed by atoms with Crippen LogP contribution in [0.3, 0.4) is 0 Å². The summed E-state index contributed by atoms with van der Waals surface area (Å²) in [4.78, 5) is 36.0. The van der Waals surface area contributed by atoms with Gasteiger partial charge in [0.1, 0.15) is 6.04 Å². The third-order valence-corrected chi connectivity index (χ3v) is 3.26. The zero-order valence-corrected chi connectivity index (χ0v) is 9.92. The molecule has 2 fully saturated rings. The first kappa shape index (κ1) is 12.8. The second-order valence-corrected chi connectivity index (χ2v) is 4.50. The van der Waals surface area contributed by atoms with E-state index in [9.17, 15) is 14.4 Å². The third kappa shape index (κ3) is 2.61. The predicted molar refractivity (Wildman–Crippen MR) is 59.7 cm³/mol. The van der Waals surface area contributed by atoms with Crippen LogP contribution in [-0.2, 0) is 19.1 Å². The van der Waals surface area contributed by atoms with Crippen molar-refractivity contribution in [2.75, 3.05) is 26.3 Å². The summed E-state index contributed by atoms with van der Waals surface area (Å²) in [6, 6.07) is -0.899. The standard InChI is InChI=1S/C11H16N2O5/c14-9(15)5-8-10(16)12-2-3-13(8)11(17)7-1-4-18-6-7/h7-8H,1-6H2,(H,12,16)(H,14,15). The van der Waals surface area contributed by atoms with E-state index in [4.69, 9.17) is 9.84 Å². The van der Waals surface area contributed by atoms with Crippen LogP contribution < -0.4 is 5.32 Å². The highest BCUT2D eigenvalue weighted by atomic mass is 16.5. The van der Waals surface area contributed by atoms with Crippen LogP contribution in [0.15, 0.2) is 0 Å². The molecule has 0 aromatic heterocycles. The van der Waals surface area contributed by atoms with Crippen LogP contribution in [0.2, 0.25) is 0 Å². The first-order valence-electron chi connectivity index (χ1n) is 5.97. The quantitative estimate of drug-likeness (QED) is 0.663. The molecule has 2 heterocycles. The zero-order chi connectivity index (χ0) is 13.1. The number of nitrogens with zero attached hydrogens (tertiary/aromatic N) is 1. The molecule has 2 N–H and O–H groups in total. The minimum Gasteiger partial charge on any atom is -0.481 e. The molecule has 2 rings (SSSR count). The van der Waals surface area contributed by atoms with E-state index in [2.05, 4.69) is 5.32 Å². The molecule has 0 bridgehead atoms. The Morgan fingerprint density at radius 2 is 2.28 bits per heavy atom. The van der Waals surface area contributed by atoms with Crippen LogP contribution in [0.5, 0.6) is 0 Å². The first-order valence-corrected chi connectivity index (χ1v) is 5.97. The molecule has 0 aliphatic carbocycles. The molecule has 0 spiro atoms. The molecule has 7 nitrogen and oxygen atoms in total. The van der Waals surface area contributed by atoms with Crippen molar-refractivity contribution in [2.45, 2.75) is 18.9 Å². The van der Waals surface area contributed by atoms with Crippen molar-refractivity contribution in [1.29, 1.82) is 0 Å². The van der Waals surface area contributed by atoms with E-state index in [1.807, 2.05) is 0 Å². The minimum atomic E-state index is -1.09. The van der Waals surface area contributed by atoms with Gasteiger partial charge in [-0.25, -0.2) is 0 Å². The van der Waals surface area contributed by atoms with Gasteiger partial charge < -0.3 is 20.1 Å². The zero-order valence-electron chi connectivity index (χ0n) is 9.92. The Kier molecular flexibility index (Phi) is 3.81. The first-order chi connectivity index (χ1) is 8.59. The number of ether oxygens (including phenoxy) is 1. The largest absolute Gasteiger partial charge is 0.481 e. The molecule has 2 aliphatic rings. The summed E-state index contributed by atoms with van der Waals surface area (Å²) in [7, 11) is 0. The maximum atomic E-state index is 12.2. The Balaban J connectivity index is 2.09. The van der Waals surface area contributed by atoms with E-state index in [0.717, 1.165) is 0 Å². The lowest BCUT2D eigenvalue weighted by molar-refractivity contribution is -0.150. The van der Waals surface area contributed by atoms with Crippen molar-refractivity contribution >= 4 is 17.8 Å². The van der Waals surface area contributed by atoms with Gasteiger partial charge in [-0.3, -0.25) is 14.4 Å². The summed E-state index contributed by atoms with van der Waals surface area (Å²) in [6.45, 7) is 1.63. The van der Waals surface area contributed by atoms with Gasteiger partial charge in [0.2, 0.25) is 11.8 Å². The van der Waals surface area contributed by atoms with E-state index in [1.165, 1.54) is 4.90 Å². The molecular weight excluding hydrogens is 240 g/mol. The number of carbonyl (C=O) groups excluding carboxylic acids is 2. The Hall–Kier alpha value is -1.63. The minimum absolute atomic E-state index is 0.173. The Labute approximate surface area is 104 Å². The fourth-order valence-electron chi connectivity index (χ4n) is 2.31. The van der Waals surface area contributed by atoms with E-state index in [1.54, 1.807) is 0 Å². The molecule has 18 heavy (non-hydrogen) atoms. The molecule has 2 aliphatic heterocycles. The van der Waals surface area contributed by atoms with Crippen LogP contribution in [-0.4, -0.2) is 60.1 Å².